The first-order valence-corrected chi connectivity index (χ1v) is 9.38. The molecule has 1 amide bonds. The van der Waals surface area contributed by atoms with Crippen LogP contribution in [0.25, 0.3) is 5.52 Å². The van der Waals surface area contributed by atoms with Crippen molar-refractivity contribution in [3.63, 3.8) is 0 Å². The number of carboxylic acid groups (broad SMARTS) is 1. The molecule has 6 nitrogen and oxygen atoms in total. The lowest BCUT2D eigenvalue weighted by molar-refractivity contribution is -0.139. The molecule has 6 heteroatoms. The summed E-state index contributed by atoms with van der Waals surface area (Å²) in [6.07, 6.45) is 5.11. The molecule has 1 aromatic carbocycles. The molecule has 0 spiro atoms. The lowest BCUT2D eigenvalue weighted by Crippen LogP contribution is -2.24. The molecule has 144 valence electrons. The van der Waals surface area contributed by atoms with E-state index in [-0.39, 0.29) is 5.91 Å². The number of carboxylic acids is 1. The molecule has 0 saturated carbocycles. The van der Waals surface area contributed by atoms with Crippen LogP contribution in [0, 0.1) is 0 Å². The minimum Gasteiger partial charge on any atom is -0.480 e. The Balaban J connectivity index is 1.93. The standard InChI is InChI=1S/C22H22N2O4/c23-22(27)16-9-4-8-15-17(12-14-6-2-1-3-7-14)24-11-5-10-18(21(24)20(15)16)28-13-19(25)26/h1-3,5-7,10-11,16H,4,8-9,12-13H2,(H2,23,27)(H,25,26). The predicted octanol–water partition coefficient (Wildman–Crippen LogP) is 2.90. The van der Waals surface area contributed by atoms with E-state index in [4.69, 9.17) is 15.6 Å². The topological polar surface area (TPSA) is 94.0 Å². The van der Waals surface area contributed by atoms with E-state index in [9.17, 15) is 9.59 Å². The number of pyridine rings is 1. The first-order valence-electron chi connectivity index (χ1n) is 9.38. The fraction of sp³-hybridized carbons (Fsp3) is 0.273. The monoisotopic (exact) mass is 378 g/mol. The van der Waals surface area contributed by atoms with Crippen LogP contribution in [0.1, 0.15) is 41.1 Å². The number of benzene rings is 1. The number of amides is 1. The maximum Gasteiger partial charge on any atom is 0.341 e. The van der Waals surface area contributed by atoms with Gasteiger partial charge in [-0.2, -0.15) is 0 Å². The molecule has 1 atom stereocenters. The number of aliphatic carboxylic acids is 1. The van der Waals surface area contributed by atoms with Gasteiger partial charge in [0.1, 0.15) is 5.75 Å². The molecule has 2 heterocycles. The summed E-state index contributed by atoms with van der Waals surface area (Å²) >= 11 is 0. The van der Waals surface area contributed by atoms with Gasteiger partial charge < -0.3 is 20.0 Å². The second-order valence-corrected chi connectivity index (χ2v) is 7.12. The highest BCUT2D eigenvalue weighted by Gasteiger charge is 2.32. The van der Waals surface area contributed by atoms with Gasteiger partial charge in [0.25, 0.3) is 0 Å². The Kier molecular flexibility index (Phi) is 4.77. The maximum atomic E-state index is 12.2. The summed E-state index contributed by atoms with van der Waals surface area (Å²) in [4.78, 5) is 23.2. The lowest BCUT2D eigenvalue weighted by Gasteiger charge is -2.21. The van der Waals surface area contributed by atoms with Gasteiger partial charge in [0.15, 0.2) is 6.61 Å². The summed E-state index contributed by atoms with van der Waals surface area (Å²) in [6.45, 7) is -0.436. The highest BCUT2D eigenvalue weighted by atomic mass is 16.5. The molecule has 1 unspecified atom stereocenters. The van der Waals surface area contributed by atoms with Crippen LogP contribution in [0.2, 0.25) is 0 Å². The van der Waals surface area contributed by atoms with Gasteiger partial charge in [0.2, 0.25) is 5.91 Å². The number of fused-ring (bicyclic) bond motifs is 3. The van der Waals surface area contributed by atoms with Crippen LogP contribution in [0.5, 0.6) is 5.75 Å². The van der Waals surface area contributed by atoms with Gasteiger partial charge in [0, 0.05) is 18.3 Å². The number of carbonyl (C=O) groups is 2. The fourth-order valence-electron chi connectivity index (χ4n) is 4.22. The van der Waals surface area contributed by atoms with Crippen LogP contribution in [-0.4, -0.2) is 28.0 Å². The molecule has 1 aliphatic rings. The van der Waals surface area contributed by atoms with Gasteiger partial charge in [-0.1, -0.05) is 30.3 Å². The third-order valence-electron chi connectivity index (χ3n) is 5.35. The molecule has 1 aliphatic carbocycles. The Bertz CT molecular complexity index is 1040. The van der Waals surface area contributed by atoms with Gasteiger partial charge in [-0.3, -0.25) is 4.79 Å². The SMILES string of the molecule is NC(=O)C1CCCc2c1c1c(OCC(=O)O)cccn1c2Cc1ccccc1. The van der Waals surface area contributed by atoms with Crippen LogP contribution in [0.3, 0.4) is 0 Å². The summed E-state index contributed by atoms with van der Waals surface area (Å²) < 4.78 is 7.60. The van der Waals surface area contributed by atoms with Crippen molar-refractivity contribution < 1.29 is 19.4 Å². The number of primary amides is 1. The highest BCUT2D eigenvalue weighted by molar-refractivity contribution is 5.88. The minimum absolute atomic E-state index is 0.354. The molecule has 0 saturated heterocycles. The maximum absolute atomic E-state index is 12.2. The van der Waals surface area contributed by atoms with Crippen molar-refractivity contribution in [1.82, 2.24) is 4.40 Å². The number of aromatic nitrogens is 1. The van der Waals surface area contributed by atoms with E-state index < -0.39 is 18.5 Å². The van der Waals surface area contributed by atoms with Crippen molar-refractivity contribution in [1.29, 1.82) is 0 Å². The van der Waals surface area contributed by atoms with Gasteiger partial charge in [-0.15, -0.1) is 0 Å². The van der Waals surface area contributed by atoms with Crippen LogP contribution in [0.15, 0.2) is 48.7 Å². The van der Waals surface area contributed by atoms with Gasteiger partial charge in [-0.05, 0) is 48.1 Å². The molecule has 4 rings (SSSR count). The Morgan fingerprint density at radius 3 is 2.68 bits per heavy atom. The zero-order chi connectivity index (χ0) is 19.7. The number of hydrogen-bond acceptors (Lipinski definition) is 3. The summed E-state index contributed by atoms with van der Waals surface area (Å²) in [5, 5.41) is 9.02. The molecule has 0 radical (unpaired) electrons. The smallest absolute Gasteiger partial charge is 0.341 e. The predicted molar refractivity (Wildman–Crippen MR) is 105 cm³/mol. The molecule has 28 heavy (non-hydrogen) atoms. The first-order chi connectivity index (χ1) is 13.6. The fourth-order valence-corrected chi connectivity index (χ4v) is 4.22. The molecule has 0 fully saturated rings. The zero-order valence-electron chi connectivity index (χ0n) is 15.4. The summed E-state index contributed by atoms with van der Waals surface area (Å²) in [5.74, 6) is -1.32. The summed E-state index contributed by atoms with van der Waals surface area (Å²) in [5.41, 5.74) is 10.8. The molecule has 0 aliphatic heterocycles. The Hall–Kier alpha value is -3.28. The average molecular weight is 378 g/mol. The van der Waals surface area contributed by atoms with Gasteiger partial charge in [-0.25, -0.2) is 4.79 Å². The van der Waals surface area contributed by atoms with Crippen molar-refractivity contribution in [3.8, 4) is 5.75 Å². The van der Waals surface area contributed by atoms with E-state index in [1.54, 1.807) is 6.07 Å². The van der Waals surface area contributed by atoms with E-state index in [0.29, 0.717) is 18.6 Å². The molecule has 0 bridgehead atoms. The number of nitrogens with two attached hydrogens (primary N) is 1. The van der Waals surface area contributed by atoms with E-state index in [1.165, 1.54) is 5.56 Å². The molecular formula is C22H22N2O4. The van der Waals surface area contributed by atoms with Crippen molar-refractivity contribution in [2.75, 3.05) is 6.61 Å². The first kappa shape index (κ1) is 18.1. The van der Waals surface area contributed by atoms with E-state index in [1.807, 2.05) is 34.9 Å². The van der Waals surface area contributed by atoms with Crippen molar-refractivity contribution in [2.24, 2.45) is 5.73 Å². The van der Waals surface area contributed by atoms with E-state index in [0.717, 1.165) is 35.2 Å². The normalized spacial score (nSPS) is 15.9. The second kappa shape index (κ2) is 7.38. The molecule has 3 N–H and O–H groups in total. The summed E-state index contributed by atoms with van der Waals surface area (Å²) in [7, 11) is 0. The minimum atomic E-state index is -1.04. The quantitative estimate of drug-likeness (QED) is 0.690. The van der Waals surface area contributed by atoms with Crippen LogP contribution in [-0.2, 0) is 22.4 Å². The van der Waals surface area contributed by atoms with E-state index >= 15 is 0 Å². The second-order valence-electron chi connectivity index (χ2n) is 7.12. The number of rotatable bonds is 6. The number of nitrogens with zero attached hydrogens (tertiary/aromatic N) is 1. The molecule has 2 aromatic heterocycles. The van der Waals surface area contributed by atoms with Crippen LogP contribution >= 0.6 is 0 Å². The zero-order valence-corrected chi connectivity index (χ0v) is 15.4. The third kappa shape index (κ3) is 3.22. The van der Waals surface area contributed by atoms with Crippen LogP contribution in [0.4, 0.5) is 0 Å². The molecular weight excluding hydrogens is 356 g/mol. The number of ether oxygens (including phenoxy) is 1. The molecule has 3 aromatic rings. The summed E-state index contributed by atoms with van der Waals surface area (Å²) in [6, 6.07) is 13.7. The Morgan fingerprint density at radius 1 is 1.18 bits per heavy atom. The van der Waals surface area contributed by atoms with Crippen molar-refractivity contribution in [2.45, 2.75) is 31.6 Å². The van der Waals surface area contributed by atoms with Crippen molar-refractivity contribution in [3.05, 3.63) is 71.0 Å². The largest absolute Gasteiger partial charge is 0.480 e. The lowest BCUT2D eigenvalue weighted by atomic mass is 9.82. The van der Waals surface area contributed by atoms with Crippen molar-refractivity contribution >= 4 is 17.4 Å². The Morgan fingerprint density at radius 2 is 1.96 bits per heavy atom. The van der Waals surface area contributed by atoms with Gasteiger partial charge >= 0.3 is 5.97 Å². The number of carbonyl (C=O) groups excluding carboxylic acids is 1. The Labute approximate surface area is 162 Å². The number of hydrogen-bond donors (Lipinski definition) is 2. The average Bonchev–Trinajstić information content (AvgIpc) is 3.01. The highest BCUT2D eigenvalue weighted by Crippen LogP contribution is 2.42. The van der Waals surface area contributed by atoms with E-state index in [2.05, 4.69) is 12.1 Å². The third-order valence-corrected chi connectivity index (χ3v) is 5.35. The van der Waals surface area contributed by atoms with Gasteiger partial charge in [0.05, 0.1) is 11.4 Å². The van der Waals surface area contributed by atoms with Crippen LogP contribution < -0.4 is 10.5 Å².